The van der Waals surface area contributed by atoms with Crippen molar-refractivity contribution in [2.24, 2.45) is 17.8 Å². The van der Waals surface area contributed by atoms with Crippen molar-refractivity contribution >= 4 is 11.9 Å². The first kappa shape index (κ1) is 22.5. The van der Waals surface area contributed by atoms with E-state index in [2.05, 4.69) is 6.92 Å². The molecule has 2 fully saturated rings. The zero-order valence-electron chi connectivity index (χ0n) is 18.6. The number of halogens is 1. The molecule has 170 valence electrons. The Kier molecular flexibility index (Phi) is 7.23. The van der Waals surface area contributed by atoms with Crippen LogP contribution >= 0.6 is 0 Å². The standard InChI is InChI=1S/C27H31FO4/c1-2-3-18-4-5-22-17-25(15-10-21(22)16-18)32-27(30)20-8-13-24(14-9-20)31-26(29)19-6-11-23(28)12-7-19/h6-9,11-14,18,21-22,25H,2-5,10,15-17H2,1H3/t18-,21-,22+,25-/m1/s1. The number of rotatable bonds is 6. The number of hydrogen-bond donors (Lipinski definition) is 0. The van der Waals surface area contributed by atoms with Gasteiger partial charge in [0.2, 0.25) is 0 Å². The molecule has 32 heavy (non-hydrogen) atoms. The Labute approximate surface area is 189 Å². The topological polar surface area (TPSA) is 52.6 Å². The summed E-state index contributed by atoms with van der Waals surface area (Å²) in [5.74, 6) is 1.36. The van der Waals surface area contributed by atoms with Gasteiger partial charge in [-0.25, -0.2) is 14.0 Å². The van der Waals surface area contributed by atoms with E-state index in [-0.39, 0.29) is 17.6 Å². The summed E-state index contributed by atoms with van der Waals surface area (Å²) in [6.45, 7) is 2.27. The maximum Gasteiger partial charge on any atom is 0.343 e. The van der Waals surface area contributed by atoms with Crippen LogP contribution in [0.4, 0.5) is 4.39 Å². The van der Waals surface area contributed by atoms with E-state index < -0.39 is 11.8 Å². The molecule has 2 aromatic rings. The molecular weight excluding hydrogens is 407 g/mol. The van der Waals surface area contributed by atoms with Crippen LogP contribution in [0.5, 0.6) is 5.75 Å². The van der Waals surface area contributed by atoms with E-state index in [1.54, 1.807) is 24.3 Å². The molecule has 0 bridgehead atoms. The minimum absolute atomic E-state index is 0.0116. The van der Waals surface area contributed by atoms with Crippen LogP contribution in [-0.4, -0.2) is 18.0 Å². The van der Waals surface area contributed by atoms with Crippen LogP contribution in [0.15, 0.2) is 48.5 Å². The SMILES string of the molecule is CCC[C@@H]1CC[C@H]2C[C@H](OC(=O)c3ccc(OC(=O)c4ccc(F)cc4)cc3)CC[C@@H]2C1. The molecule has 0 heterocycles. The maximum absolute atomic E-state index is 13.0. The van der Waals surface area contributed by atoms with E-state index in [9.17, 15) is 14.0 Å². The highest BCUT2D eigenvalue weighted by atomic mass is 19.1. The predicted octanol–water partition coefficient (Wildman–Crippen LogP) is 6.59. The van der Waals surface area contributed by atoms with Gasteiger partial charge in [-0.2, -0.15) is 0 Å². The van der Waals surface area contributed by atoms with Crippen molar-refractivity contribution in [3.05, 3.63) is 65.5 Å². The van der Waals surface area contributed by atoms with Crippen molar-refractivity contribution in [3.63, 3.8) is 0 Å². The first-order valence-corrected chi connectivity index (χ1v) is 11.8. The van der Waals surface area contributed by atoms with Crippen LogP contribution in [0, 0.1) is 23.6 Å². The van der Waals surface area contributed by atoms with Crippen molar-refractivity contribution in [3.8, 4) is 5.75 Å². The van der Waals surface area contributed by atoms with Crippen LogP contribution in [0.2, 0.25) is 0 Å². The molecular formula is C27H31FO4. The van der Waals surface area contributed by atoms with Crippen LogP contribution in [0.25, 0.3) is 0 Å². The van der Waals surface area contributed by atoms with Crippen molar-refractivity contribution in [1.82, 2.24) is 0 Å². The van der Waals surface area contributed by atoms with Crippen molar-refractivity contribution < 1.29 is 23.5 Å². The molecule has 0 amide bonds. The molecule has 2 aliphatic carbocycles. The van der Waals surface area contributed by atoms with E-state index in [0.29, 0.717) is 17.2 Å². The molecule has 0 saturated heterocycles. The molecule has 2 saturated carbocycles. The number of carbonyl (C=O) groups is 2. The molecule has 4 atom stereocenters. The Hall–Kier alpha value is -2.69. The molecule has 0 spiro atoms. The number of fused-ring (bicyclic) bond motifs is 1. The minimum Gasteiger partial charge on any atom is -0.459 e. The third-order valence-electron chi connectivity index (χ3n) is 7.02. The monoisotopic (exact) mass is 438 g/mol. The van der Waals surface area contributed by atoms with Gasteiger partial charge in [0, 0.05) is 0 Å². The second kappa shape index (κ2) is 10.3. The van der Waals surface area contributed by atoms with Gasteiger partial charge in [-0.1, -0.05) is 26.2 Å². The summed E-state index contributed by atoms with van der Waals surface area (Å²) in [5, 5.41) is 0. The number of esters is 2. The largest absolute Gasteiger partial charge is 0.459 e. The van der Waals surface area contributed by atoms with Crippen molar-refractivity contribution in [1.29, 1.82) is 0 Å². The average molecular weight is 439 g/mol. The van der Waals surface area contributed by atoms with Gasteiger partial charge in [-0.15, -0.1) is 0 Å². The summed E-state index contributed by atoms with van der Waals surface area (Å²) in [7, 11) is 0. The highest BCUT2D eigenvalue weighted by Crippen LogP contribution is 2.44. The number of benzene rings is 2. The fraction of sp³-hybridized carbons (Fsp3) is 0.481. The first-order chi connectivity index (χ1) is 15.5. The summed E-state index contributed by atoms with van der Waals surface area (Å²) < 4.78 is 24.1. The Morgan fingerprint density at radius 1 is 0.844 bits per heavy atom. The molecule has 2 aromatic carbocycles. The summed E-state index contributed by atoms with van der Waals surface area (Å²) in [4.78, 5) is 24.8. The zero-order valence-corrected chi connectivity index (χ0v) is 18.6. The lowest BCUT2D eigenvalue weighted by atomic mass is 9.66. The molecule has 0 aromatic heterocycles. The van der Waals surface area contributed by atoms with Gasteiger partial charge >= 0.3 is 11.9 Å². The van der Waals surface area contributed by atoms with E-state index in [1.807, 2.05) is 0 Å². The van der Waals surface area contributed by atoms with E-state index >= 15 is 0 Å². The molecule has 2 aliphatic rings. The third-order valence-corrected chi connectivity index (χ3v) is 7.02. The lowest BCUT2D eigenvalue weighted by molar-refractivity contribution is -0.00620. The fourth-order valence-corrected chi connectivity index (χ4v) is 5.35. The van der Waals surface area contributed by atoms with Gasteiger partial charge in [0.1, 0.15) is 17.7 Å². The molecule has 0 radical (unpaired) electrons. The Balaban J connectivity index is 1.28. The van der Waals surface area contributed by atoms with E-state index in [4.69, 9.17) is 9.47 Å². The quantitative estimate of drug-likeness (QED) is 0.377. The van der Waals surface area contributed by atoms with Crippen molar-refractivity contribution in [2.45, 2.75) is 64.4 Å². The number of hydrogen-bond acceptors (Lipinski definition) is 4. The second-order valence-electron chi connectivity index (χ2n) is 9.25. The maximum atomic E-state index is 13.0. The second-order valence-corrected chi connectivity index (χ2v) is 9.25. The molecule has 4 nitrogen and oxygen atoms in total. The Bertz CT molecular complexity index is 922. The molecule has 0 N–H and O–H groups in total. The first-order valence-electron chi connectivity index (χ1n) is 11.8. The van der Waals surface area contributed by atoms with Crippen LogP contribution < -0.4 is 4.74 Å². The summed E-state index contributed by atoms with van der Waals surface area (Å²) in [5.41, 5.74) is 0.703. The molecule has 0 unspecified atom stereocenters. The lowest BCUT2D eigenvalue weighted by Crippen LogP contribution is -2.35. The normalized spacial score (nSPS) is 24.9. The van der Waals surface area contributed by atoms with Gasteiger partial charge in [-0.3, -0.25) is 0 Å². The van der Waals surface area contributed by atoms with Gasteiger partial charge in [-0.05, 0) is 98.4 Å². The Morgan fingerprint density at radius 2 is 1.47 bits per heavy atom. The summed E-state index contributed by atoms with van der Waals surface area (Å²) in [6.07, 6.45) is 9.59. The minimum atomic E-state index is -0.578. The summed E-state index contributed by atoms with van der Waals surface area (Å²) in [6, 6.07) is 11.5. The molecule has 4 rings (SSSR count). The highest BCUT2D eigenvalue weighted by molar-refractivity contribution is 5.92. The van der Waals surface area contributed by atoms with Crippen molar-refractivity contribution in [2.75, 3.05) is 0 Å². The number of ether oxygens (including phenoxy) is 2. The van der Waals surface area contributed by atoms with Crippen LogP contribution in [0.3, 0.4) is 0 Å². The van der Waals surface area contributed by atoms with Gasteiger partial charge in [0.15, 0.2) is 0 Å². The fourth-order valence-electron chi connectivity index (χ4n) is 5.35. The molecule has 0 aliphatic heterocycles. The van der Waals surface area contributed by atoms with Gasteiger partial charge < -0.3 is 9.47 Å². The highest BCUT2D eigenvalue weighted by Gasteiger charge is 2.36. The van der Waals surface area contributed by atoms with Crippen LogP contribution in [-0.2, 0) is 4.74 Å². The summed E-state index contributed by atoms with van der Waals surface area (Å²) >= 11 is 0. The number of carbonyl (C=O) groups excluding carboxylic acids is 2. The predicted molar refractivity (Wildman–Crippen MR) is 120 cm³/mol. The van der Waals surface area contributed by atoms with E-state index in [0.717, 1.165) is 31.1 Å². The average Bonchev–Trinajstić information content (AvgIpc) is 2.80. The lowest BCUT2D eigenvalue weighted by Gasteiger charge is -2.41. The zero-order chi connectivity index (χ0) is 22.5. The Morgan fingerprint density at radius 3 is 2.19 bits per heavy atom. The molecule has 5 heteroatoms. The van der Waals surface area contributed by atoms with E-state index in [1.165, 1.54) is 56.4 Å². The third kappa shape index (κ3) is 5.56. The van der Waals surface area contributed by atoms with Gasteiger partial charge in [0.25, 0.3) is 0 Å². The van der Waals surface area contributed by atoms with Gasteiger partial charge in [0.05, 0.1) is 11.1 Å². The van der Waals surface area contributed by atoms with Crippen LogP contribution in [0.1, 0.15) is 79.0 Å². The smallest absolute Gasteiger partial charge is 0.343 e.